The van der Waals surface area contributed by atoms with E-state index in [2.05, 4.69) is 31.0 Å². The molecule has 0 bridgehead atoms. The number of benzene rings is 1. The molecule has 0 radical (unpaired) electrons. The molecule has 0 aliphatic heterocycles. The Bertz CT molecular complexity index is 720. The molecule has 0 aliphatic rings. The number of halogens is 1. The third-order valence-electron chi connectivity index (χ3n) is 2.76. The third kappa shape index (κ3) is 3.95. The Morgan fingerprint density at radius 3 is 2.67 bits per heavy atom. The first kappa shape index (κ1) is 15.8. The van der Waals surface area contributed by atoms with Crippen molar-refractivity contribution in [2.75, 3.05) is 16.6 Å². The van der Waals surface area contributed by atoms with Crippen molar-refractivity contribution in [2.45, 2.75) is 18.2 Å². The van der Waals surface area contributed by atoms with E-state index in [-0.39, 0.29) is 4.90 Å². The topological polar surface area (TPSA) is 71.1 Å². The van der Waals surface area contributed by atoms with Crippen molar-refractivity contribution < 1.29 is 8.42 Å². The van der Waals surface area contributed by atoms with Crippen LogP contribution in [0.1, 0.15) is 13.3 Å². The lowest BCUT2D eigenvalue weighted by molar-refractivity contribution is 0.601. The molecule has 0 saturated heterocycles. The zero-order chi connectivity index (χ0) is 15.3. The summed E-state index contributed by atoms with van der Waals surface area (Å²) in [5.74, 6) is 0. The number of anilines is 2. The molecule has 2 rings (SSSR count). The Balaban J connectivity index is 2.34. The predicted octanol–water partition coefficient (Wildman–Crippen LogP) is 3.47. The van der Waals surface area contributed by atoms with E-state index in [4.69, 9.17) is 0 Å². The molecule has 0 atom stereocenters. The van der Waals surface area contributed by atoms with Gasteiger partial charge in [-0.1, -0.05) is 19.1 Å². The molecule has 112 valence electrons. The standard InChI is InChI=1S/C14H16BrN3O2S/c1-2-8-17-13-7-9-16-10-14(13)21(19,20)18-12-6-4-3-5-11(12)15/h3-7,9-10,18H,2,8H2,1H3,(H,16,17). The fourth-order valence-corrected chi connectivity index (χ4v) is 3.47. The van der Waals surface area contributed by atoms with E-state index in [0.29, 0.717) is 22.4 Å². The van der Waals surface area contributed by atoms with Crippen LogP contribution in [-0.2, 0) is 10.0 Å². The Labute approximate surface area is 133 Å². The first-order valence-electron chi connectivity index (χ1n) is 6.50. The average Bonchev–Trinajstić information content (AvgIpc) is 2.47. The zero-order valence-corrected chi connectivity index (χ0v) is 13.9. The Morgan fingerprint density at radius 2 is 1.95 bits per heavy atom. The van der Waals surface area contributed by atoms with Gasteiger partial charge >= 0.3 is 0 Å². The maximum absolute atomic E-state index is 12.5. The van der Waals surface area contributed by atoms with Crippen LogP contribution < -0.4 is 10.0 Å². The highest BCUT2D eigenvalue weighted by Gasteiger charge is 2.19. The number of aromatic nitrogens is 1. The van der Waals surface area contributed by atoms with Crippen LogP contribution in [0.4, 0.5) is 11.4 Å². The summed E-state index contributed by atoms with van der Waals surface area (Å²) in [5, 5.41) is 3.10. The third-order valence-corrected chi connectivity index (χ3v) is 4.84. The van der Waals surface area contributed by atoms with E-state index < -0.39 is 10.0 Å². The second-order valence-corrected chi connectivity index (χ2v) is 6.89. The lowest BCUT2D eigenvalue weighted by Gasteiger charge is -2.13. The van der Waals surface area contributed by atoms with Gasteiger partial charge < -0.3 is 5.32 Å². The maximum Gasteiger partial charge on any atom is 0.265 e. The monoisotopic (exact) mass is 369 g/mol. The van der Waals surface area contributed by atoms with Crippen LogP contribution in [0, 0.1) is 0 Å². The van der Waals surface area contributed by atoms with Crippen molar-refractivity contribution in [3.63, 3.8) is 0 Å². The summed E-state index contributed by atoms with van der Waals surface area (Å²) in [6.45, 7) is 2.71. The van der Waals surface area contributed by atoms with Gasteiger partial charge in [0.05, 0.1) is 11.4 Å². The number of sulfonamides is 1. The van der Waals surface area contributed by atoms with Gasteiger partial charge in [-0.15, -0.1) is 0 Å². The van der Waals surface area contributed by atoms with Gasteiger partial charge in [0.15, 0.2) is 0 Å². The number of nitrogens with zero attached hydrogens (tertiary/aromatic N) is 1. The van der Waals surface area contributed by atoms with E-state index in [9.17, 15) is 8.42 Å². The normalized spacial score (nSPS) is 11.1. The summed E-state index contributed by atoms with van der Waals surface area (Å²) in [7, 11) is -3.70. The van der Waals surface area contributed by atoms with Gasteiger partial charge in [-0.05, 0) is 40.5 Å². The second kappa shape index (κ2) is 6.91. The van der Waals surface area contributed by atoms with Crippen LogP contribution in [0.3, 0.4) is 0 Å². The Morgan fingerprint density at radius 1 is 1.19 bits per heavy atom. The van der Waals surface area contributed by atoms with Gasteiger partial charge in [-0.2, -0.15) is 0 Å². The van der Waals surface area contributed by atoms with Gasteiger partial charge in [0.25, 0.3) is 10.0 Å². The molecule has 5 nitrogen and oxygen atoms in total. The molecule has 0 aliphatic carbocycles. The second-order valence-electron chi connectivity index (χ2n) is 4.38. The Hall–Kier alpha value is -1.60. The molecule has 0 saturated carbocycles. The van der Waals surface area contributed by atoms with Crippen molar-refractivity contribution in [2.24, 2.45) is 0 Å². The zero-order valence-electron chi connectivity index (χ0n) is 11.5. The molecule has 0 spiro atoms. The van der Waals surface area contributed by atoms with Gasteiger partial charge in [0.1, 0.15) is 4.90 Å². The van der Waals surface area contributed by atoms with Crippen molar-refractivity contribution in [3.05, 3.63) is 47.2 Å². The van der Waals surface area contributed by atoms with E-state index in [1.165, 1.54) is 6.20 Å². The molecule has 0 fully saturated rings. The van der Waals surface area contributed by atoms with Crippen LogP contribution in [0.15, 0.2) is 52.1 Å². The van der Waals surface area contributed by atoms with Gasteiger partial charge in [0.2, 0.25) is 0 Å². The quantitative estimate of drug-likeness (QED) is 0.817. The first-order valence-corrected chi connectivity index (χ1v) is 8.77. The lowest BCUT2D eigenvalue weighted by Crippen LogP contribution is -2.16. The van der Waals surface area contributed by atoms with Crippen molar-refractivity contribution in [3.8, 4) is 0 Å². The number of nitrogens with one attached hydrogen (secondary N) is 2. The van der Waals surface area contributed by atoms with Crippen molar-refractivity contribution >= 4 is 37.3 Å². The van der Waals surface area contributed by atoms with Gasteiger partial charge in [-0.25, -0.2) is 8.42 Å². The summed E-state index contributed by atoms with van der Waals surface area (Å²) < 4.78 is 28.3. The summed E-state index contributed by atoms with van der Waals surface area (Å²) in [5.41, 5.74) is 1.04. The molecule has 0 unspecified atom stereocenters. The minimum absolute atomic E-state index is 0.134. The molecule has 1 aromatic carbocycles. The Kier molecular flexibility index (Phi) is 5.19. The highest BCUT2D eigenvalue weighted by atomic mass is 79.9. The molecule has 7 heteroatoms. The summed E-state index contributed by atoms with van der Waals surface area (Å²) >= 11 is 3.32. The maximum atomic E-state index is 12.5. The van der Waals surface area contributed by atoms with Crippen molar-refractivity contribution in [1.82, 2.24) is 4.98 Å². The summed E-state index contributed by atoms with van der Waals surface area (Å²) in [6, 6.07) is 8.71. The SMILES string of the molecule is CCCNc1ccncc1S(=O)(=O)Nc1ccccc1Br. The number of rotatable bonds is 6. The molecular weight excluding hydrogens is 354 g/mol. The smallest absolute Gasteiger partial charge is 0.265 e. The first-order chi connectivity index (χ1) is 10.0. The van der Waals surface area contributed by atoms with E-state index in [1.807, 2.05) is 13.0 Å². The molecular formula is C14H16BrN3O2S. The number of hydrogen-bond donors (Lipinski definition) is 2. The van der Waals surface area contributed by atoms with Crippen LogP contribution in [0.2, 0.25) is 0 Å². The number of para-hydroxylation sites is 1. The number of pyridine rings is 1. The van der Waals surface area contributed by atoms with E-state index in [1.54, 1.807) is 30.5 Å². The van der Waals surface area contributed by atoms with Gasteiger partial charge in [-0.3, -0.25) is 9.71 Å². The van der Waals surface area contributed by atoms with Gasteiger partial charge in [0, 0.05) is 23.4 Å². The number of hydrogen-bond acceptors (Lipinski definition) is 4. The minimum atomic E-state index is -3.70. The minimum Gasteiger partial charge on any atom is -0.384 e. The molecule has 2 N–H and O–H groups in total. The summed E-state index contributed by atoms with van der Waals surface area (Å²) in [6.07, 6.45) is 3.81. The lowest BCUT2D eigenvalue weighted by atomic mass is 10.3. The van der Waals surface area contributed by atoms with Crippen LogP contribution in [-0.4, -0.2) is 19.9 Å². The average molecular weight is 370 g/mol. The van der Waals surface area contributed by atoms with Crippen LogP contribution in [0.25, 0.3) is 0 Å². The molecule has 2 aromatic rings. The highest BCUT2D eigenvalue weighted by Crippen LogP contribution is 2.27. The van der Waals surface area contributed by atoms with Crippen LogP contribution >= 0.6 is 15.9 Å². The van der Waals surface area contributed by atoms with E-state index >= 15 is 0 Å². The largest absolute Gasteiger partial charge is 0.384 e. The molecule has 0 amide bonds. The molecule has 1 aromatic heterocycles. The molecule has 21 heavy (non-hydrogen) atoms. The fourth-order valence-electron chi connectivity index (χ4n) is 1.74. The predicted molar refractivity (Wildman–Crippen MR) is 88.0 cm³/mol. The summed E-state index contributed by atoms with van der Waals surface area (Å²) in [4.78, 5) is 4.05. The van der Waals surface area contributed by atoms with E-state index in [0.717, 1.165) is 6.42 Å². The highest BCUT2D eigenvalue weighted by molar-refractivity contribution is 9.10. The fraction of sp³-hybridized carbons (Fsp3) is 0.214. The van der Waals surface area contributed by atoms with Crippen LogP contribution in [0.5, 0.6) is 0 Å². The van der Waals surface area contributed by atoms with Crippen molar-refractivity contribution in [1.29, 1.82) is 0 Å². The molecule has 1 heterocycles.